The lowest BCUT2D eigenvalue weighted by Gasteiger charge is -2.12. The molecule has 0 radical (unpaired) electrons. The average molecular weight is 219 g/mol. The molecule has 0 saturated heterocycles. The minimum Gasteiger partial charge on any atom is -0.469 e. The summed E-state index contributed by atoms with van der Waals surface area (Å²) in [6.07, 6.45) is 1.45. The summed E-state index contributed by atoms with van der Waals surface area (Å²) >= 11 is 0. The van der Waals surface area contributed by atoms with E-state index in [0.717, 1.165) is 19.5 Å². The van der Waals surface area contributed by atoms with Gasteiger partial charge in [0, 0.05) is 13.0 Å². The fourth-order valence-corrected chi connectivity index (χ4v) is 2.19. The van der Waals surface area contributed by atoms with E-state index < -0.39 is 0 Å². The van der Waals surface area contributed by atoms with Crippen LogP contribution in [0.4, 0.5) is 0 Å². The van der Waals surface area contributed by atoms with Gasteiger partial charge in [0.2, 0.25) is 0 Å². The second-order valence-corrected chi connectivity index (χ2v) is 4.25. The Morgan fingerprint density at radius 1 is 1.44 bits per heavy atom. The standard InChI is InChI=1S/C13H17NO2/c1-16-13(15)7-10-6-11-4-2-3-5-12(11)9-14-8-10/h2-5,10,14H,6-9H2,1H3. The van der Waals surface area contributed by atoms with E-state index in [1.807, 2.05) is 0 Å². The van der Waals surface area contributed by atoms with Crippen LogP contribution in [0.25, 0.3) is 0 Å². The molecule has 0 aliphatic carbocycles. The van der Waals surface area contributed by atoms with Gasteiger partial charge in [0.05, 0.1) is 7.11 Å². The Hall–Kier alpha value is -1.35. The van der Waals surface area contributed by atoms with Crippen LogP contribution in [0.1, 0.15) is 17.5 Å². The van der Waals surface area contributed by atoms with Crippen LogP contribution in [-0.4, -0.2) is 19.6 Å². The number of ether oxygens (including phenoxy) is 1. The number of carbonyl (C=O) groups is 1. The van der Waals surface area contributed by atoms with E-state index in [0.29, 0.717) is 12.3 Å². The van der Waals surface area contributed by atoms with Crippen molar-refractivity contribution in [3.63, 3.8) is 0 Å². The van der Waals surface area contributed by atoms with Gasteiger partial charge >= 0.3 is 5.97 Å². The summed E-state index contributed by atoms with van der Waals surface area (Å²) in [7, 11) is 1.44. The van der Waals surface area contributed by atoms with Gasteiger partial charge in [0.15, 0.2) is 0 Å². The molecule has 0 fully saturated rings. The van der Waals surface area contributed by atoms with Crippen LogP contribution in [0.5, 0.6) is 0 Å². The molecule has 0 saturated carbocycles. The highest BCUT2D eigenvalue weighted by molar-refractivity contribution is 5.69. The minimum absolute atomic E-state index is 0.119. The summed E-state index contributed by atoms with van der Waals surface area (Å²) in [5.74, 6) is 0.224. The zero-order valence-electron chi connectivity index (χ0n) is 9.53. The van der Waals surface area contributed by atoms with Gasteiger partial charge in [-0.3, -0.25) is 4.79 Å². The van der Waals surface area contributed by atoms with Crippen molar-refractivity contribution in [2.75, 3.05) is 13.7 Å². The van der Waals surface area contributed by atoms with E-state index in [2.05, 4.69) is 29.6 Å². The molecule has 1 aromatic rings. The van der Waals surface area contributed by atoms with Crippen molar-refractivity contribution in [1.82, 2.24) is 5.32 Å². The smallest absolute Gasteiger partial charge is 0.305 e. The first-order valence-corrected chi connectivity index (χ1v) is 5.64. The van der Waals surface area contributed by atoms with Crippen LogP contribution in [-0.2, 0) is 22.5 Å². The molecule has 0 amide bonds. The fourth-order valence-electron chi connectivity index (χ4n) is 2.19. The normalized spacial score (nSPS) is 19.7. The van der Waals surface area contributed by atoms with Gasteiger partial charge in [0.1, 0.15) is 0 Å². The van der Waals surface area contributed by atoms with Crippen molar-refractivity contribution < 1.29 is 9.53 Å². The maximum Gasteiger partial charge on any atom is 0.305 e. The zero-order valence-corrected chi connectivity index (χ0v) is 9.53. The summed E-state index contributed by atoms with van der Waals surface area (Å²) in [4.78, 5) is 11.3. The van der Waals surface area contributed by atoms with E-state index in [-0.39, 0.29) is 5.97 Å². The molecule has 86 valence electrons. The maximum absolute atomic E-state index is 11.3. The topological polar surface area (TPSA) is 38.3 Å². The Morgan fingerprint density at radius 3 is 2.94 bits per heavy atom. The molecule has 1 aromatic carbocycles. The van der Waals surface area contributed by atoms with E-state index in [1.54, 1.807) is 0 Å². The molecule has 3 heteroatoms. The van der Waals surface area contributed by atoms with Crippen LogP contribution >= 0.6 is 0 Å². The third-order valence-electron chi connectivity index (χ3n) is 3.06. The van der Waals surface area contributed by atoms with E-state index in [9.17, 15) is 4.79 Å². The highest BCUT2D eigenvalue weighted by Crippen LogP contribution is 2.19. The quantitative estimate of drug-likeness (QED) is 0.766. The lowest BCUT2D eigenvalue weighted by Crippen LogP contribution is -2.23. The second kappa shape index (κ2) is 5.12. The highest BCUT2D eigenvalue weighted by atomic mass is 16.5. The van der Waals surface area contributed by atoms with Crippen molar-refractivity contribution in [2.24, 2.45) is 5.92 Å². The van der Waals surface area contributed by atoms with Crippen LogP contribution < -0.4 is 5.32 Å². The van der Waals surface area contributed by atoms with E-state index in [4.69, 9.17) is 4.74 Å². The summed E-state index contributed by atoms with van der Waals surface area (Å²) in [5.41, 5.74) is 2.69. The number of methoxy groups -OCH3 is 1. The van der Waals surface area contributed by atoms with Crippen molar-refractivity contribution in [3.8, 4) is 0 Å². The predicted molar refractivity (Wildman–Crippen MR) is 62.0 cm³/mol. The van der Waals surface area contributed by atoms with Gasteiger partial charge in [-0.05, 0) is 30.0 Å². The number of hydrogen-bond donors (Lipinski definition) is 1. The molecule has 0 aromatic heterocycles. The molecule has 1 aliphatic heterocycles. The van der Waals surface area contributed by atoms with Gasteiger partial charge < -0.3 is 10.1 Å². The first-order valence-electron chi connectivity index (χ1n) is 5.64. The molecule has 1 atom stereocenters. The molecular weight excluding hydrogens is 202 g/mol. The summed E-state index contributed by atoms with van der Waals surface area (Å²) < 4.78 is 4.72. The van der Waals surface area contributed by atoms with E-state index in [1.165, 1.54) is 18.2 Å². The Balaban J connectivity index is 2.07. The SMILES string of the molecule is COC(=O)CC1CNCc2ccccc2C1. The van der Waals surface area contributed by atoms with E-state index >= 15 is 0 Å². The molecule has 1 heterocycles. The van der Waals surface area contributed by atoms with Crippen molar-refractivity contribution in [2.45, 2.75) is 19.4 Å². The third-order valence-corrected chi connectivity index (χ3v) is 3.06. The Kier molecular flexibility index (Phi) is 3.57. The third kappa shape index (κ3) is 2.61. The fraction of sp³-hybridized carbons (Fsp3) is 0.462. The molecule has 2 rings (SSSR count). The zero-order chi connectivity index (χ0) is 11.4. The van der Waals surface area contributed by atoms with Gasteiger partial charge in [0.25, 0.3) is 0 Å². The van der Waals surface area contributed by atoms with Crippen LogP contribution in [0.15, 0.2) is 24.3 Å². The van der Waals surface area contributed by atoms with Gasteiger partial charge in [-0.25, -0.2) is 0 Å². The molecule has 1 aliphatic rings. The van der Waals surface area contributed by atoms with Crippen molar-refractivity contribution in [3.05, 3.63) is 35.4 Å². The van der Waals surface area contributed by atoms with Crippen LogP contribution in [0.2, 0.25) is 0 Å². The maximum atomic E-state index is 11.3. The second-order valence-electron chi connectivity index (χ2n) is 4.25. The molecule has 3 nitrogen and oxygen atoms in total. The number of nitrogens with one attached hydrogen (secondary N) is 1. The molecule has 16 heavy (non-hydrogen) atoms. The number of carbonyl (C=O) groups excluding carboxylic acids is 1. The first kappa shape index (κ1) is 11.1. The first-order chi connectivity index (χ1) is 7.79. The largest absolute Gasteiger partial charge is 0.469 e. The average Bonchev–Trinajstić information content (AvgIpc) is 2.50. The predicted octanol–water partition coefficient (Wildman–Crippen LogP) is 1.51. The number of hydrogen-bond acceptors (Lipinski definition) is 3. The Labute approximate surface area is 95.8 Å². The number of rotatable bonds is 2. The molecule has 1 unspecified atom stereocenters. The number of benzene rings is 1. The lowest BCUT2D eigenvalue weighted by molar-refractivity contribution is -0.141. The van der Waals surface area contributed by atoms with Crippen molar-refractivity contribution in [1.29, 1.82) is 0 Å². The Morgan fingerprint density at radius 2 is 2.19 bits per heavy atom. The lowest BCUT2D eigenvalue weighted by atomic mass is 9.95. The van der Waals surface area contributed by atoms with Gasteiger partial charge in [-0.1, -0.05) is 24.3 Å². The summed E-state index contributed by atoms with van der Waals surface area (Å²) in [6.45, 7) is 1.78. The van der Waals surface area contributed by atoms with Crippen LogP contribution in [0.3, 0.4) is 0 Å². The van der Waals surface area contributed by atoms with Crippen LogP contribution in [0, 0.1) is 5.92 Å². The molecule has 1 N–H and O–H groups in total. The minimum atomic E-state index is -0.119. The Bertz CT molecular complexity index is 376. The number of fused-ring (bicyclic) bond motifs is 1. The van der Waals surface area contributed by atoms with Gasteiger partial charge in [-0.2, -0.15) is 0 Å². The molecule has 0 spiro atoms. The molecular formula is C13H17NO2. The highest BCUT2D eigenvalue weighted by Gasteiger charge is 2.18. The van der Waals surface area contributed by atoms with Gasteiger partial charge in [-0.15, -0.1) is 0 Å². The summed E-state index contributed by atoms with van der Waals surface area (Å²) in [6, 6.07) is 8.40. The van der Waals surface area contributed by atoms with Crippen molar-refractivity contribution >= 4 is 5.97 Å². The molecule has 0 bridgehead atoms. The number of esters is 1. The summed E-state index contributed by atoms with van der Waals surface area (Å²) in [5, 5.41) is 3.38. The monoisotopic (exact) mass is 219 g/mol.